The predicted molar refractivity (Wildman–Crippen MR) is 110 cm³/mol. The second-order valence-corrected chi connectivity index (χ2v) is 7.74. The summed E-state index contributed by atoms with van der Waals surface area (Å²) in [5.74, 6) is -0.0573. The molecular weight excluding hydrogens is 334 g/mol. The Morgan fingerprint density at radius 2 is 1.93 bits per heavy atom. The lowest BCUT2D eigenvalue weighted by atomic mass is 9.83. The van der Waals surface area contributed by atoms with Crippen molar-refractivity contribution in [1.82, 2.24) is 5.01 Å². The van der Waals surface area contributed by atoms with Crippen molar-refractivity contribution in [2.45, 2.75) is 39.0 Å². The van der Waals surface area contributed by atoms with Gasteiger partial charge in [0.2, 0.25) is 0 Å². The van der Waals surface area contributed by atoms with Crippen LogP contribution in [0.15, 0.2) is 76.7 Å². The molecule has 2 heterocycles. The zero-order chi connectivity index (χ0) is 19.2. The molecule has 4 rings (SSSR count). The molecule has 0 atom stereocenters. The van der Waals surface area contributed by atoms with Crippen molar-refractivity contribution in [3.63, 3.8) is 0 Å². The van der Waals surface area contributed by atoms with E-state index in [9.17, 15) is 4.79 Å². The van der Waals surface area contributed by atoms with E-state index >= 15 is 0 Å². The molecule has 4 nitrogen and oxygen atoms in total. The van der Waals surface area contributed by atoms with Crippen LogP contribution in [-0.2, 0) is 10.2 Å². The van der Waals surface area contributed by atoms with Crippen LogP contribution >= 0.6 is 0 Å². The molecule has 0 N–H and O–H groups in total. The van der Waals surface area contributed by atoms with Gasteiger partial charge in [-0.25, -0.2) is 0 Å². The first-order chi connectivity index (χ1) is 12.9. The Morgan fingerprint density at radius 1 is 1.15 bits per heavy atom. The lowest BCUT2D eigenvalue weighted by molar-refractivity contribution is -0.123. The van der Waals surface area contributed by atoms with Crippen LogP contribution in [0.1, 0.15) is 39.2 Å². The Bertz CT molecular complexity index is 960. The number of carbonyl (C=O) groups excluding carboxylic acids is 1. The summed E-state index contributed by atoms with van der Waals surface area (Å²) in [5.41, 5.74) is 5.87. The van der Waals surface area contributed by atoms with Gasteiger partial charge in [0.1, 0.15) is 0 Å². The van der Waals surface area contributed by atoms with Crippen molar-refractivity contribution in [2.75, 3.05) is 11.9 Å². The van der Waals surface area contributed by atoms with Crippen molar-refractivity contribution in [2.24, 2.45) is 5.10 Å². The predicted octanol–water partition coefficient (Wildman–Crippen LogP) is 4.68. The van der Waals surface area contributed by atoms with Crippen LogP contribution in [0.2, 0.25) is 0 Å². The highest BCUT2D eigenvalue weighted by atomic mass is 16.2. The highest BCUT2D eigenvalue weighted by Crippen LogP contribution is 2.46. The van der Waals surface area contributed by atoms with Crippen molar-refractivity contribution in [3.05, 3.63) is 77.2 Å². The third kappa shape index (κ3) is 2.76. The Balaban J connectivity index is 1.67. The number of likely N-dealkylation sites (N-methyl/N-ethyl adjacent to an activating group) is 1. The molecule has 0 spiro atoms. The van der Waals surface area contributed by atoms with E-state index in [1.165, 1.54) is 22.0 Å². The van der Waals surface area contributed by atoms with E-state index in [-0.39, 0.29) is 11.3 Å². The Morgan fingerprint density at radius 3 is 2.63 bits per heavy atom. The number of amides is 1. The van der Waals surface area contributed by atoms with Gasteiger partial charge in [0.15, 0.2) is 0 Å². The van der Waals surface area contributed by atoms with Gasteiger partial charge < -0.3 is 4.90 Å². The summed E-state index contributed by atoms with van der Waals surface area (Å²) in [5, 5.41) is 6.01. The molecule has 1 aliphatic carbocycles. The van der Waals surface area contributed by atoms with Crippen molar-refractivity contribution in [1.29, 1.82) is 0 Å². The molecule has 1 amide bonds. The first kappa shape index (κ1) is 17.5. The smallest absolute Gasteiger partial charge is 0.280 e. The second-order valence-electron chi connectivity index (χ2n) is 7.74. The molecule has 0 unspecified atom stereocenters. The molecule has 0 fully saturated rings. The Hall–Kier alpha value is -2.88. The van der Waals surface area contributed by atoms with Gasteiger partial charge >= 0.3 is 0 Å². The first-order valence-electron chi connectivity index (χ1n) is 9.43. The van der Waals surface area contributed by atoms with E-state index in [4.69, 9.17) is 0 Å². The minimum absolute atomic E-state index is 0.0573. The standard InChI is InChI=1S/C23H25N3O/c1-16-18(22(27)26(24-16)17-10-6-5-7-11-17)14-15-21-23(2,3)19-12-8-9-13-20(19)25(21)4/h6,8-15H,5,7H2,1-4H3/b18-14-,21-15+. The van der Waals surface area contributed by atoms with E-state index in [0.717, 1.165) is 24.3 Å². The molecule has 3 aliphatic rings. The van der Waals surface area contributed by atoms with E-state index < -0.39 is 0 Å². The molecule has 0 aromatic heterocycles. The number of hydrazone groups is 1. The zero-order valence-corrected chi connectivity index (χ0v) is 16.4. The first-order valence-corrected chi connectivity index (χ1v) is 9.43. The lowest BCUT2D eigenvalue weighted by Crippen LogP contribution is -2.23. The van der Waals surface area contributed by atoms with Gasteiger partial charge in [-0.1, -0.05) is 44.2 Å². The van der Waals surface area contributed by atoms with Crippen LogP contribution in [-0.4, -0.2) is 23.7 Å². The number of para-hydroxylation sites is 1. The molecule has 1 aromatic rings. The molecule has 2 aliphatic heterocycles. The van der Waals surface area contributed by atoms with Crippen LogP contribution in [0.3, 0.4) is 0 Å². The van der Waals surface area contributed by atoms with Crippen LogP contribution in [0.4, 0.5) is 5.69 Å². The number of fused-ring (bicyclic) bond motifs is 1. The quantitative estimate of drug-likeness (QED) is 0.719. The molecule has 0 saturated heterocycles. The van der Waals surface area contributed by atoms with Gasteiger partial charge in [-0.3, -0.25) is 4.79 Å². The third-order valence-corrected chi connectivity index (χ3v) is 5.63. The molecule has 1 aromatic carbocycles. The lowest BCUT2D eigenvalue weighted by Gasteiger charge is -2.23. The fourth-order valence-electron chi connectivity index (χ4n) is 4.11. The van der Waals surface area contributed by atoms with Crippen molar-refractivity contribution < 1.29 is 4.79 Å². The van der Waals surface area contributed by atoms with Crippen LogP contribution < -0.4 is 4.90 Å². The maximum absolute atomic E-state index is 12.9. The number of carbonyl (C=O) groups is 1. The average molecular weight is 359 g/mol. The third-order valence-electron chi connectivity index (χ3n) is 5.63. The number of hydrogen-bond donors (Lipinski definition) is 0. The van der Waals surface area contributed by atoms with Crippen molar-refractivity contribution in [3.8, 4) is 0 Å². The minimum atomic E-state index is -0.108. The molecule has 27 heavy (non-hydrogen) atoms. The Kier molecular flexibility index (Phi) is 4.14. The number of nitrogens with zero attached hydrogens (tertiary/aromatic N) is 3. The second kappa shape index (κ2) is 6.38. The number of benzene rings is 1. The number of anilines is 1. The largest absolute Gasteiger partial charge is 0.347 e. The highest BCUT2D eigenvalue weighted by Gasteiger charge is 2.38. The van der Waals surface area contributed by atoms with Crippen LogP contribution in [0.25, 0.3) is 0 Å². The van der Waals surface area contributed by atoms with Crippen molar-refractivity contribution >= 4 is 17.3 Å². The summed E-state index contributed by atoms with van der Waals surface area (Å²) in [6.45, 7) is 6.34. The van der Waals surface area contributed by atoms with E-state index in [2.05, 4.69) is 73.4 Å². The van der Waals surface area contributed by atoms with E-state index in [1.807, 2.05) is 19.1 Å². The van der Waals surface area contributed by atoms with E-state index in [0.29, 0.717) is 5.57 Å². The molecule has 138 valence electrons. The Labute approximate surface area is 160 Å². The molecular formula is C23H25N3O. The summed E-state index contributed by atoms with van der Waals surface area (Å²) in [7, 11) is 2.08. The van der Waals surface area contributed by atoms with Crippen LogP contribution in [0.5, 0.6) is 0 Å². The van der Waals surface area contributed by atoms with Gasteiger partial charge in [-0.05, 0) is 49.6 Å². The summed E-state index contributed by atoms with van der Waals surface area (Å²) < 4.78 is 0. The summed E-state index contributed by atoms with van der Waals surface area (Å²) in [4.78, 5) is 15.1. The number of allylic oxidation sites excluding steroid dienone is 6. The summed E-state index contributed by atoms with van der Waals surface area (Å²) >= 11 is 0. The minimum Gasteiger partial charge on any atom is -0.347 e. The number of hydrogen-bond acceptors (Lipinski definition) is 3. The van der Waals surface area contributed by atoms with Gasteiger partial charge in [-0.2, -0.15) is 10.1 Å². The topological polar surface area (TPSA) is 35.9 Å². The maximum atomic E-state index is 12.9. The van der Waals surface area contributed by atoms with E-state index in [1.54, 1.807) is 0 Å². The monoisotopic (exact) mass is 359 g/mol. The zero-order valence-electron chi connectivity index (χ0n) is 16.4. The summed E-state index contributed by atoms with van der Waals surface area (Å²) in [6.07, 6.45) is 12.1. The molecule has 0 saturated carbocycles. The normalized spacial score (nSPS) is 23.9. The SMILES string of the molecule is CC1=NN(C2=CCCC=C2)C(=O)/C1=C\C=C1\N(C)c2ccccc2C1(C)C. The van der Waals surface area contributed by atoms with Crippen LogP contribution in [0, 0.1) is 0 Å². The maximum Gasteiger partial charge on any atom is 0.280 e. The van der Waals surface area contributed by atoms with Gasteiger partial charge in [-0.15, -0.1) is 0 Å². The fourth-order valence-corrected chi connectivity index (χ4v) is 4.11. The van der Waals surface area contributed by atoms with Gasteiger partial charge in [0.25, 0.3) is 5.91 Å². The van der Waals surface area contributed by atoms with Gasteiger partial charge in [0.05, 0.1) is 17.0 Å². The molecule has 4 heteroatoms. The number of rotatable bonds is 2. The average Bonchev–Trinajstić information content (AvgIpc) is 3.06. The summed E-state index contributed by atoms with van der Waals surface area (Å²) in [6, 6.07) is 8.46. The van der Waals surface area contributed by atoms with Gasteiger partial charge in [0, 0.05) is 23.8 Å². The highest BCUT2D eigenvalue weighted by molar-refractivity contribution is 6.24. The fraction of sp³-hybridized carbons (Fsp3) is 0.304. The molecule has 0 radical (unpaired) electrons. The molecule has 0 bridgehead atoms.